The Morgan fingerprint density at radius 2 is 0.286 bits per heavy atom. The summed E-state index contributed by atoms with van der Waals surface area (Å²) >= 11 is 0. The number of halogens is 3. The van der Waals surface area contributed by atoms with Crippen LogP contribution in [0.5, 0.6) is 0 Å². The lowest BCUT2D eigenvalue weighted by Crippen LogP contribution is -3.00. The van der Waals surface area contributed by atoms with Crippen molar-refractivity contribution in [3.63, 3.8) is 0 Å². The molecule has 4 nitrogen and oxygen atoms in total. The summed E-state index contributed by atoms with van der Waals surface area (Å²) in [5, 5.41) is 0. The maximum atomic E-state index is 0. The Hall–Kier alpha value is 1.28. The van der Waals surface area contributed by atoms with Crippen LogP contribution in [0.25, 0.3) is 0 Å². The van der Waals surface area contributed by atoms with E-state index in [4.69, 9.17) is 0 Å². The average molecular weight is 312 g/mol. The van der Waals surface area contributed by atoms with E-state index in [9.17, 15) is 0 Å². The van der Waals surface area contributed by atoms with Gasteiger partial charge in [0.15, 0.2) is 0 Å². The molecule has 0 aromatic carbocycles. The van der Waals surface area contributed by atoms with Gasteiger partial charge in [-0.1, -0.05) is 0 Å². The van der Waals surface area contributed by atoms with Crippen LogP contribution in [0.2, 0.25) is 0 Å². The molecule has 56 valence electrons. The summed E-state index contributed by atoms with van der Waals surface area (Å²) in [6, 6.07) is 0. The predicted octanol–water partition coefficient (Wildman–Crippen LogP) is -7.48. The Morgan fingerprint density at radius 1 is 0.286 bits per heavy atom. The molecule has 0 bridgehead atoms. The number of quaternary nitrogens is 4. The van der Waals surface area contributed by atoms with Gasteiger partial charge in [0.05, 0.1) is 0 Å². The van der Waals surface area contributed by atoms with Gasteiger partial charge in [0.25, 0.3) is 0 Å². The van der Waals surface area contributed by atoms with Gasteiger partial charge in [0.2, 0.25) is 0 Å². The number of hydrogen-bond donors (Lipinski definition) is 4. The van der Waals surface area contributed by atoms with Crippen molar-refractivity contribution < 1.29 is 50.9 Å². The lowest BCUT2D eigenvalue weighted by Gasteiger charge is -1.00. The van der Waals surface area contributed by atoms with Crippen molar-refractivity contribution in [1.82, 2.24) is 24.6 Å². The zero-order chi connectivity index (χ0) is 0. The van der Waals surface area contributed by atoms with Crippen LogP contribution in [-0.4, -0.2) is 0 Å². The molecule has 0 aromatic heterocycles. The number of hydrogen-bond acceptors (Lipinski definition) is 0. The third-order valence-corrected chi connectivity index (χ3v) is 0. The average Bonchev–Trinajstić information content (AvgIpc) is 0. The summed E-state index contributed by atoms with van der Waals surface area (Å²) < 4.78 is 0. The van der Waals surface area contributed by atoms with E-state index in [1.807, 2.05) is 0 Å². The van der Waals surface area contributed by atoms with Crippen molar-refractivity contribution in [1.29, 1.82) is 0 Å². The zero-order valence-electron chi connectivity index (χ0n) is 5.13. The summed E-state index contributed by atoms with van der Waals surface area (Å²) in [6.07, 6.45) is 0. The first-order valence-electron chi connectivity index (χ1n) is 0. The van der Waals surface area contributed by atoms with Crippen molar-refractivity contribution in [3.05, 3.63) is 0 Å². The lowest BCUT2D eigenvalue weighted by molar-refractivity contribution is -0.001000. The summed E-state index contributed by atoms with van der Waals surface area (Å²) in [6.45, 7) is 0. The van der Waals surface area contributed by atoms with Crippen molar-refractivity contribution in [2.24, 2.45) is 0 Å². The summed E-state index contributed by atoms with van der Waals surface area (Å²) in [5.74, 6) is 0. The minimum atomic E-state index is 0. The van der Waals surface area contributed by atoms with Gasteiger partial charge in [0.1, 0.15) is 0 Å². The molecule has 0 aliphatic heterocycles. The van der Waals surface area contributed by atoms with Gasteiger partial charge in [-0.05, 0) is 0 Å². The lowest BCUT2D eigenvalue weighted by atomic mass is 14.0. The molecule has 0 aliphatic carbocycles. The first-order valence-corrected chi connectivity index (χ1v) is 0. The molecule has 16 N–H and O–H groups in total. The minimum absolute atomic E-state index is 0. The van der Waals surface area contributed by atoms with Crippen LogP contribution < -0.4 is 75.5 Å². The minimum Gasteiger partial charge on any atom is -1.00 e. The highest BCUT2D eigenvalue weighted by atomic mass is 79.9. The van der Waals surface area contributed by atoms with Crippen LogP contribution in [-0.2, 0) is 0 Å². The molecule has 0 atom stereocenters. The molecular formula is H16Br3N4+. The van der Waals surface area contributed by atoms with Crippen LogP contribution in [0, 0.1) is 0 Å². The van der Waals surface area contributed by atoms with Crippen LogP contribution >= 0.6 is 0 Å². The van der Waals surface area contributed by atoms with Gasteiger partial charge in [-0.3, -0.25) is 0 Å². The van der Waals surface area contributed by atoms with E-state index in [0.717, 1.165) is 0 Å². The van der Waals surface area contributed by atoms with Crippen molar-refractivity contribution in [3.8, 4) is 0 Å². The summed E-state index contributed by atoms with van der Waals surface area (Å²) in [4.78, 5) is 0. The van der Waals surface area contributed by atoms with Gasteiger partial charge < -0.3 is 75.5 Å². The molecule has 0 fully saturated rings. The van der Waals surface area contributed by atoms with Crippen LogP contribution in [0.15, 0.2) is 0 Å². The molecule has 0 saturated carbocycles. The van der Waals surface area contributed by atoms with Crippen LogP contribution in [0.3, 0.4) is 0 Å². The normalized spacial score (nSPS) is 0. The molecule has 0 aliphatic rings. The van der Waals surface area contributed by atoms with Gasteiger partial charge in [-0.15, -0.1) is 0 Å². The fraction of sp³-hybridized carbons (Fsp3) is 0. The van der Waals surface area contributed by atoms with E-state index in [0.29, 0.717) is 0 Å². The molecule has 7 heavy (non-hydrogen) atoms. The second-order valence-corrected chi connectivity index (χ2v) is 0. The highest BCUT2D eigenvalue weighted by molar-refractivity contribution is 2.14. The molecule has 0 unspecified atom stereocenters. The van der Waals surface area contributed by atoms with E-state index < -0.39 is 0 Å². The van der Waals surface area contributed by atoms with Crippen LogP contribution in [0.4, 0.5) is 0 Å². The molecule has 0 radical (unpaired) electrons. The molecular weight excluding hydrogens is 296 g/mol. The third kappa shape index (κ3) is 124. The molecule has 0 aromatic rings. The van der Waals surface area contributed by atoms with E-state index in [1.165, 1.54) is 0 Å². The van der Waals surface area contributed by atoms with Gasteiger partial charge in [-0.25, -0.2) is 0 Å². The van der Waals surface area contributed by atoms with Gasteiger partial charge >= 0.3 is 0 Å². The Labute approximate surface area is 75.4 Å². The van der Waals surface area contributed by atoms with Crippen molar-refractivity contribution >= 4 is 0 Å². The van der Waals surface area contributed by atoms with Crippen LogP contribution in [0.1, 0.15) is 0 Å². The second-order valence-electron chi connectivity index (χ2n) is 0. The molecule has 0 heterocycles. The highest BCUT2D eigenvalue weighted by Gasteiger charge is -0.366. The van der Waals surface area contributed by atoms with Gasteiger partial charge in [0, 0.05) is 0 Å². The van der Waals surface area contributed by atoms with E-state index in [-0.39, 0.29) is 75.5 Å². The fourth-order valence-electron chi connectivity index (χ4n) is 0. The van der Waals surface area contributed by atoms with E-state index in [1.54, 1.807) is 0 Å². The first-order chi connectivity index (χ1) is 0. The van der Waals surface area contributed by atoms with E-state index >= 15 is 0 Å². The highest BCUT2D eigenvalue weighted by Crippen LogP contribution is -0.478. The maximum absolute atomic E-state index is 0. The monoisotopic (exact) mass is 309 g/mol. The smallest absolute Gasteiger partial charge is 0.369 e. The third-order valence-electron chi connectivity index (χ3n) is 0. The SMILES string of the molecule is [Br-].[Br-].[Br-].[NH4+].[NH4+].[NH4+].[NH4+]. The Balaban J connectivity index is 0. The Kier molecular flexibility index (Phi) is 6710. The maximum Gasteiger partial charge on any atom is -0.369 e. The predicted molar refractivity (Wildman–Crippen MR) is 23.9 cm³/mol. The molecule has 0 spiro atoms. The number of rotatable bonds is 0. The summed E-state index contributed by atoms with van der Waals surface area (Å²) in [5.41, 5.74) is 0. The Bertz CT molecular complexity index is 6.90. The molecule has 0 rings (SSSR count). The largest absolute Gasteiger partial charge is 1.00 e. The fourth-order valence-corrected chi connectivity index (χ4v) is 0. The van der Waals surface area contributed by atoms with Crippen molar-refractivity contribution in [2.75, 3.05) is 0 Å². The topological polar surface area (TPSA) is 146 Å². The second kappa shape index (κ2) is 175. The standard InChI is InChI=1S/3BrH.4H3N/h3*1H;4*1H3/p+1. The Morgan fingerprint density at radius 3 is 0.286 bits per heavy atom. The quantitative estimate of drug-likeness (QED) is 0.337. The first kappa shape index (κ1) is 268. The van der Waals surface area contributed by atoms with Gasteiger partial charge in [-0.2, -0.15) is 0 Å². The molecule has 0 saturated heterocycles. The molecule has 0 amide bonds. The van der Waals surface area contributed by atoms with E-state index in [2.05, 4.69) is 0 Å². The van der Waals surface area contributed by atoms with Crippen molar-refractivity contribution in [2.45, 2.75) is 0 Å². The molecule has 7 heteroatoms. The zero-order valence-corrected chi connectivity index (χ0v) is 9.89. The summed E-state index contributed by atoms with van der Waals surface area (Å²) in [7, 11) is 0.